The van der Waals surface area contributed by atoms with Crippen LogP contribution < -0.4 is 20.4 Å². The van der Waals surface area contributed by atoms with Gasteiger partial charge in [-0.05, 0) is 12.3 Å². The van der Waals surface area contributed by atoms with Crippen molar-refractivity contribution in [3.8, 4) is 0 Å². The molecule has 0 aromatic rings. The Morgan fingerprint density at radius 1 is 0.500 bits per heavy atom. The average molecular weight is 442 g/mol. The van der Waals surface area contributed by atoms with Crippen LogP contribution in [0.3, 0.4) is 0 Å². The van der Waals surface area contributed by atoms with Crippen molar-refractivity contribution in [2.24, 2.45) is 0 Å². The first kappa shape index (κ1) is 94.3. The van der Waals surface area contributed by atoms with Crippen LogP contribution in [0.4, 0.5) is 9.59 Å². The van der Waals surface area contributed by atoms with Crippen molar-refractivity contribution in [1.29, 1.82) is 0 Å². The Labute approximate surface area is 132 Å². The van der Waals surface area contributed by atoms with E-state index in [2.05, 4.69) is 0 Å². The van der Waals surface area contributed by atoms with Gasteiger partial charge in [0, 0.05) is 0 Å². The van der Waals surface area contributed by atoms with Crippen LogP contribution in [0.15, 0.2) is 0 Å². The van der Waals surface area contributed by atoms with Crippen LogP contribution in [0, 0.1) is 0 Å². The molecule has 4 N–H and O–H groups in total. The van der Waals surface area contributed by atoms with E-state index in [-0.39, 0.29) is 90.2 Å². The average Bonchev–Trinajstić information content (AvgIpc) is 1.25. The first-order valence-corrected chi connectivity index (χ1v) is 1.22. The van der Waals surface area contributed by atoms with Crippen molar-refractivity contribution < 1.29 is 120 Å². The summed E-state index contributed by atoms with van der Waals surface area (Å²) in [6, 6.07) is 0. The van der Waals surface area contributed by atoms with Crippen molar-refractivity contribution in [3.63, 3.8) is 0 Å². The summed E-state index contributed by atoms with van der Waals surface area (Å²) in [7, 11) is 0. The van der Waals surface area contributed by atoms with E-state index < -0.39 is 12.3 Å². The van der Waals surface area contributed by atoms with Crippen molar-refractivity contribution in [2.45, 2.75) is 0 Å². The van der Waals surface area contributed by atoms with E-state index in [9.17, 15) is 0 Å². The Morgan fingerprint density at radius 2 is 0.500 bits per heavy atom. The number of carboxylic acid groups (broad SMARTS) is 4. The summed E-state index contributed by atoms with van der Waals surface area (Å²) in [5, 5.41) is 33.3. The predicted octanol–water partition coefficient (Wildman–Crippen LogP) is -5.61. The minimum Gasteiger partial charge on any atom is -0.870 e. The van der Waals surface area contributed by atoms with Gasteiger partial charge in [-0.1, -0.05) is 0 Å². The van der Waals surface area contributed by atoms with E-state index in [1.165, 1.54) is 0 Å². The second-order valence-corrected chi connectivity index (χ2v) is 0.500. The van der Waals surface area contributed by atoms with Crippen molar-refractivity contribution in [3.05, 3.63) is 0 Å². The fourth-order valence-electron chi connectivity index (χ4n) is 0. The normalized spacial score (nSPS) is 3.00. The molecule has 0 aliphatic carbocycles. The van der Waals surface area contributed by atoms with E-state index in [1.807, 2.05) is 0 Å². The van der Waals surface area contributed by atoms with E-state index in [0.717, 1.165) is 0 Å². The quantitative estimate of drug-likeness (QED) is 0.322. The fourth-order valence-corrected chi connectivity index (χ4v) is 0. The van der Waals surface area contributed by atoms with Crippen LogP contribution in [0.5, 0.6) is 0 Å². The first-order chi connectivity index (χ1) is 3.46. The molecule has 0 spiro atoms. The molecular formula is C2H4Cu4O10. The Balaban J connectivity index is -0.00000000375. The Kier molecular flexibility index (Phi) is 457. The number of carbonyl (C=O) groups is 2. The largest absolute Gasteiger partial charge is 2.00 e. The van der Waals surface area contributed by atoms with E-state index in [1.54, 1.807) is 0 Å². The summed E-state index contributed by atoms with van der Waals surface area (Å²) in [4.78, 5) is 16.7. The summed E-state index contributed by atoms with van der Waals surface area (Å²) in [5.74, 6) is 0. The molecule has 0 atom stereocenters. The fraction of sp³-hybridized carbons (Fsp3) is 0. The maximum absolute atomic E-state index is 8.33. The van der Waals surface area contributed by atoms with Crippen LogP contribution in [0.1, 0.15) is 0 Å². The van der Waals surface area contributed by atoms with Crippen molar-refractivity contribution in [2.75, 3.05) is 0 Å². The van der Waals surface area contributed by atoms with Gasteiger partial charge in [-0.25, -0.2) is 0 Å². The van der Waals surface area contributed by atoms with Gasteiger partial charge in [0.2, 0.25) is 0 Å². The molecule has 0 aliphatic heterocycles. The first-order valence-electron chi connectivity index (χ1n) is 1.22. The van der Waals surface area contributed by atoms with Crippen LogP contribution in [0.2, 0.25) is 0 Å². The van der Waals surface area contributed by atoms with Gasteiger partial charge in [0.25, 0.3) is 0 Å². The Bertz CT molecular complexity index is 78.8. The predicted molar refractivity (Wildman–Crippen MR) is 18.5 cm³/mol. The molecule has 0 saturated heterocycles. The van der Waals surface area contributed by atoms with Crippen molar-refractivity contribution >= 4 is 12.3 Å². The minimum atomic E-state index is -2.33. The Morgan fingerprint density at radius 3 is 0.500 bits per heavy atom. The molecule has 116 valence electrons. The third-order valence-corrected chi connectivity index (χ3v) is 0. The molecule has 0 bridgehead atoms. The molecule has 0 unspecified atom stereocenters. The zero-order valence-corrected chi connectivity index (χ0v) is 10.2. The van der Waals surface area contributed by atoms with Crippen molar-refractivity contribution in [1.82, 2.24) is 0 Å². The molecular weight excluding hydrogens is 438 g/mol. The van der Waals surface area contributed by atoms with Crippen LogP contribution >= 0.6 is 0 Å². The molecule has 0 fully saturated rings. The van der Waals surface area contributed by atoms with Gasteiger partial charge in [-0.15, -0.1) is 0 Å². The molecule has 0 aromatic heterocycles. The van der Waals surface area contributed by atoms with E-state index in [4.69, 9.17) is 30.0 Å². The number of hydrogen-bond donors (Lipinski definition) is 0. The molecule has 0 aliphatic rings. The standard InChI is InChI=1S/2CH2O3.4Cu.4H2O/c2*2-1(3)4;;;;;;;;/h2*(H2,2,3,4);;;;;4*1H2/q;;4*+2;;;;/p-8. The molecule has 10 nitrogen and oxygen atoms in total. The summed E-state index contributed by atoms with van der Waals surface area (Å²) < 4.78 is 0. The third kappa shape index (κ3) is 12500. The molecule has 0 aromatic carbocycles. The summed E-state index contributed by atoms with van der Waals surface area (Å²) in [6.45, 7) is 0. The maximum Gasteiger partial charge on any atom is 2.00 e. The van der Waals surface area contributed by atoms with E-state index in [0.29, 0.717) is 0 Å². The third-order valence-electron chi connectivity index (χ3n) is 0. The monoisotopic (exact) mass is 440 g/mol. The van der Waals surface area contributed by atoms with Crippen LogP contribution in [-0.4, -0.2) is 34.2 Å². The second kappa shape index (κ2) is 77.5. The molecule has 14 heteroatoms. The molecule has 0 heterocycles. The SMILES string of the molecule is O=C([O-])[O-].O=C([O-])[O-].[Cu+2].[Cu+2].[Cu+2].[Cu+2].[OH-].[OH-].[OH-].[OH-]. The molecule has 16 heavy (non-hydrogen) atoms. The van der Waals surface area contributed by atoms with Gasteiger partial charge >= 0.3 is 68.3 Å². The van der Waals surface area contributed by atoms with Gasteiger partial charge < -0.3 is 51.9 Å². The molecule has 0 saturated carbocycles. The van der Waals surface area contributed by atoms with Gasteiger partial charge in [-0.3, -0.25) is 0 Å². The maximum atomic E-state index is 8.33. The summed E-state index contributed by atoms with van der Waals surface area (Å²) in [6.07, 6.45) is -4.67. The zero-order chi connectivity index (χ0) is 7.15. The number of rotatable bonds is 0. The van der Waals surface area contributed by atoms with Gasteiger partial charge in [0.1, 0.15) is 0 Å². The number of hydrogen-bond acceptors (Lipinski definition) is 10. The van der Waals surface area contributed by atoms with Crippen LogP contribution in [-0.2, 0) is 68.3 Å². The molecule has 0 rings (SSSR count). The second-order valence-electron chi connectivity index (χ2n) is 0.500. The topological polar surface area (TPSA) is 246 Å². The van der Waals surface area contributed by atoms with Crippen LogP contribution in [0.25, 0.3) is 0 Å². The summed E-state index contributed by atoms with van der Waals surface area (Å²) >= 11 is 0. The van der Waals surface area contributed by atoms with Gasteiger partial charge in [-0.2, -0.15) is 0 Å². The number of carbonyl (C=O) groups excluding carboxylic acids is 2. The summed E-state index contributed by atoms with van der Waals surface area (Å²) in [5.41, 5.74) is 0. The smallest absolute Gasteiger partial charge is 0.870 e. The molecule has 4 radical (unpaired) electrons. The van der Waals surface area contributed by atoms with E-state index >= 15 is 0 Å². The Hall–Kier alpha value is 0.458. The zero-order valence-electron chi connectivity index (χ0n) is 6.44. The minimum absolute atomic E-state index is 0. The molecule has 0 amide bonds. The van der Waals surface area contributed by atoms with Gasteiger partial charge in [0.15, 0.2) is 0 Å². The van der Waals surface area contributed by atoms with Gasteiger partial charge in [0.05, 0.1) is 0 Å².